The van der Waals surface area contributed by atoms with E-state index in [4.69, 9.17) is 11.6 Å². The Kier molecular flexibility index (Phi) is 4.12. The highest BCUT2D eigenvalue weighted by Crippen LogP contribution is 2.25. The number of halogens is 1. The van der Waals surface area contributed by atoms with Crippen molar-refractivity contribution in [3.63, 3.8) is 0 Å². The zero-order valence-corrected chi connectivity index (χ0v) is 13.0. The van der Waals surface area contributed by atoms with Crippen molar-refractivity contribution in [1.29, 1.82) is 0 Å². The molecule has 3 aromatic rings. The molecule has 2 nitrogen and oxygen atoms in total. The first kappa shape index (κ1) is 14.6. The summed E-state index contributed by atoms with van der Waals surface area (Å²) < 4.78 is 0. The molecule has 1 unspecified atom stereocenters. The molecule has 3 rings (SSSR count). The van der Waals surface area contributed by atoms with Gasteiger partial charge >= 0.3 is 0 Å². The lowest BCUT2D eigenvalue weighted by molar-refractivity contribution is 0.0940. The molecule has 0 aliphatic carbocycles. The van der Waals surface area contributed by atoms with Crippen LogP contribution in [0, 0.1) is 0 Å². The number of carbonyl (C=O) groups is 1. The van der Waals surface area contributed by atoms with Gasteiger partial charge in [-0.3, -0.25) is 4.79 Å². The Morgan fingerprint density at radius 1 is 0.955 bits per heavy atom. The van der Waals surface area contributed by atoms with Crippen LogP contribution in [0.3, 0.4) is 0 Å². The van der Waals surface area contributed by atoms with Crippen molar-refractivity contribution in [1.82, 2.24) is 5.32 Å². The molecule has 0 radical (unpaired) electrons. The first-order chi connectivity index (χ1) is 10.7. The van der Waals surface area contributed by atoms with Gasteiger partial charge in [-0.05, 0) is 35.4 Å². The minimum Gasteiger partial charge on any atom is -0.345 e. The molecule has 22 heavy (non-hydrogen) atoms. The van der Waals surface area contributed by atoms with E-state index in [1.807, 2.05) is 43.3 Å². The molecular weight excluding hydrogens is 294 g/mol. The van der Waals surface area contributed by atoms with Crippen LogP contribution in [0.1, 0.15) is 28.9 Å². The Morgan fingerprint density at radius 2 is 1.64 bits per heavy atom. The maximum Gasteiger partial charge on any atom is 0.253 e. The minimum atomic E-state index is -0.161. The van der Waals surface area contributed by atoms with Gasteiger partial charge < -0.3 is 5.32 Å². The lowest BCUT2D eigenvalue weighted by Gasteiger charge is -2.17. The second kappa shape index (κ2) is 6.20. The van der Waals surface area contributed by atoms with Crippen molar-refractivity contribution in [2.24, 2.45) is 0 Å². The highest BCUT2D eigenvalue weighted by Gasteiger charge is 2.15. The molecule has 0 aromatic heterocycles. The Hall–Kier alpha value is -2.32. The highest BCUT2D eigenvalue weighted by atomic mass is 35.5. The predicted molar refractivity (Wildman–Crippen MR) is 91.3 cm³/mol. The van der Waals surface area contributed by atoms with E-state index in [2.05, 4.69) is 23.5 Å². The van der Waals surface area contributed by atoms with Crippen molar-refractivity contribution < 1.29 is 4.79 Å². The third-order valence-corrected chi connectivity index (χ3v) is 4.09. The summed E-state index contributed by atoms with van der Waals surface area (Å²) >= 11 is 6.08. The molecule has 0 aliphatic heterocycles. The Morgan fingerprint density at radius 3 is 2.45 bits per heavy atom. The zero-order chi connectivity index (χ0) is 15.5. The summed E-state index contributed by atoms with van der Waals surface area (Å²) in [7, 11) is 0. The molecule has 0 bridgehead atoms. The maximum absolute atomic E-state index is 12.4. The number of nitrogens with one attached hydrogen (secondary N) is 1. The molecule has 0 heterocycles. The summed E-state index contributed by atoms with van der Waals surface area (Å²) in [5.74, 6) is -0.161. The Balaban J connectivity index is 1.89. The summed E-state index contributed by atoms with van der Waals surface area (Å²) in [6, 6.07) is 21.3. The average molecular weight is 310 g/mol. The van der Waals surface area contributed by atoms with Gasteiger partial charge in [0.15, 0.2) is 0 Å². The summed E-state index contributed by atoms with van der Waals surface area (Å²) in [5.41, 5.74) is 1.59. The minimum absolute atomic E-state index is 0.102. The largest absolute Gasteiger partial charge is 0.345 e. The van der Waals surface area contributed by atoms with E-state index in [-0.39, 0.29) is 11.9 Å². The fraction of sp³-hybridized carbons (Fsp3) is 0.105. The number of fused-ring (bicyclic) bond motifs is 1. The molecule has 1 amide bonds. The molecular formula is C19H16ClNO. The van der Waals surface area contributed by atoms with Gasteiger partial charge in [-0.1, -0.05) is 66.2 Å². The van der Waals surface area contributed by atoms with Crippen LogP contribution >= 0.6 is 11.6 Å². The standard InChI is InChI=1S/C19H16ClNO/c1-13(21-19(22)17-10-4-5-12-18(17)20)15-11-6-8-14-7-2-3-9-16(14)15/h2-13H,1H3,(H,21,22). The summed E-state index contributed by atoms with van der Waals surface area (Å²) in [6.07, 6.45) is 0. The second-order valence-corrected chi connectivity index (χ2v) is 5.65. The van der Waals surface area contributed by atoms with Crippen LogP contribution in [0.15, 0.2) is 66.7 Å². The van der Waals surface area contributed by atoms with Gasteiger partial charge in [0.25, 0.3) is 5.91 Å². The fourth-order valence-corrected chi connectivity index (χ4v) is 2.85. The number of amides is 1. The first-order valence-electron chi connectivity index (χ1n) is 7.20. The zero-order valence-electron chi connectivity index (χ0n) is 12.2. The van der Waals surface area contributed by atoms with Crippen molar-refractivity contribution in [2.75, 3.05) is 0 Å². The van der Waals surface area contributed by atoms with E-state index in [9.17, 15) is 4.79 Å². The molecule has 0 spiro atoms. The van der Waals surface area contributed by atoms with Crippen molar-refractivity contribution in [3.05, 3.63) is 82.9 Å². The van der Waals surface area contributed by atoms with Gasteiger partial charge in [-0.25, -0.2) is 0 Å². The SMILES string of the molecule is CC(NC(=O)c1ccccc1Cl)c1cccc2ccccc12. The topological polar surface area (TPSA) is 29.1 Å². The van der Waals surface area contributed by atoms with E-state index in [0.29, 0.717) is 10.6 Å². The van der Waals surface area contributed by atoms with Crippen molar-refractivity contribution in [3.8, 4) is 0 Å². The van der Waals surface area contributed by atoms with E-state index >= 15 is 0 Å². The number of hydrogen-bond donors (Lipinski definition) is 1. The number of rotatable bonds is 3. The van der Waals surface area contributed by atoms with Crippen LogP contribution in [0.25, 0.3) is 10.8 Å². The van der Waals surface area contributed by atoms with Gasteiger partial charge in [0.05, 0.1) is 16.6 Å². The van der Waals surface area contributed by atoms with Crippen LogP contribution in [0.5, 0.6) is 0 Å². The number of carbonyl (C=O) groups excluding carboxylic acids is 1. The second-order valence-electron chi connectivity index (χ2n) is 5.24. The molecule has 1 N–H and O–H groups in total. The smallest absolute Gasteiger partial charge is 0.253 e. The van der Waals surface area contributed by atoms with Crippen LogP contribution in [0.4, 0.5) is 0 Å². The quantitative estimate of drug-likeness (QED) is 0.726. The monoisotopic (exact) mass is 309 g/mol. The lowest BCUT2D eigenvalue weighted by Crippen LogP contribution is -2.27. The fourth-order valence-electron chi connectivity index (χ4n) is 2.63. The van der Waals surface area contributed by atoms with Gasteiger partial charge in [0.2, 0.25) is 0 Å². The van der Waals surface area contributed by atoms with Crippen LogP contribution < -0.4 is 5.32 Å². The molecule has 0 saturated carbocycles. The van der Waals surface area contributed by atoms with Crippen LogP contribution in [-0.4, -0.2) is 5.91 Å². The third-order valence-electron chi connectivity index (χ3n) is 3.76. The molecule has 1 atom stereocenters. The summed E-state index contributed by atoms with van der Waals surface area (Å²) in [5, 5.41) is 5.80. The van der Waals surface area contributed by atoms with Gasteiger partial charge in [-0.15, -0.1) is 0 Å². The van der Waals surface area contributed by atoms with Crippen LogP contribution in [-0.2, 0) is 0 Å². The molecule has 110 valence electrons. The molecule has 0 fully saturated rings. The van der Waals surface area contributed by atoms with Gasteiger partial charge in [0.1, 0.15) is 0 Å². The molecule has 0 saturated heterocycles. The van der Waals surface area contributed by atoms with E-state index in [0.717, 1.165) is 10.9 Å². The van der Waals surface area contributed by atoms with E-state index in [1.165, 1.54) is 5.39 Å². The molecule has 0 aliphatic rings. The maximum atomic E-state index is 12.4. The average Bonchev–Trinajstić information content (AvgIpc) is 2.54. The van der Waals surface area contributed by atoms with Crippen molar-refractivity contribution >= 4 is 28.3 Å². The predicted octanol–water partition coefficient (Wildman–Crippen LogP) is 4.98. The lowest BCUT2D eigenvalue weighted by atomic mass is 9.99. The normalized spacial score (nSPS) is 12.1. The molecule has 3 aromatic carbocycles. The van der Waals surface area contributed by atoms with Gasteiger partial charge in [0, 0.05) is 0 Å². The van der Waals surface area contributed by atoms with Gasteiger partial charge in [-0.2, -0.15) is 0 Å². The summed E-state index contributed by atoms with van der Waals surface area (Å²) in [6.45, 7) is 1.98. The number of hydrogen-bond acceptors (Lipinski definition) is 1. The van der Waals surface area contributed by atoms with E-state index in [1.54, 1.807) is 12.1 Å². The first-order valence-corrected chi connectivity index (χ1v) is 7.57. The highest BCUT2D eigenvalue weighted by molar-refractivity contribution is 6.33. The summed E-state index contributed by atoms with van der Waals surface area (Å²) in [4.78, 5) is 12.4. The Bertz CT molecular complexity index is 823. The molecule has 3 heteroatoms. The Labute approximate surface area is 134 Å². The third kappa shape index (κ3) is 2.83. The van der Waals surface area contributed by atoms with E-state index < -0.39 is 0 Å². The number of benzene rings is 3. The van der Waals surface area contributed by atoms with Crippen molar-refractivity contribution in [2.45, 2.75) is 13.0 Å². The van der Waals surface area contributed by atoms with Crippen LogP contribution in [0.2, 0.25) is 5.02 Å².